The monoisotopic (exact) mass is 417 g/mol. The third-order valence-electron chi connectivity index (χ3n) is 4.06. The number of anilines is 2. The van der Waals surface area contributed by atoms with E-state index >= 15 is 0 Å². The van der Waals surface area contributed by atoms with Crippen LogP contribution in [0, 0.1) is 5.92 Å². The predicted molar refractivity (Wildman–Crippen MR) is 111 cm³/mol. The molecule has 0 aliphatic heterocycles. The minimum atomic E-state index is -0.133. The van der Waals surface area contributed by atoms with E-state index in [-0.39, 0.29) is 24.2 Å². The van der Waals surface area contributed by atoms with Crippen molar-refractivity contribution >= 4 is 57.5 Å². The van der Waals surface area contributed by atoms with Crippen LogP contribution in [0.2, 0.25) is 4.34 Å². The molecule has 1 aromatic carbocycles. The second-order valence-corrected chi connectivity index (χ2v) is 8.89. The molecule has 4 rings (SSSR count). The van der Waals surface area contributed by atoms with Gasteiger partial charge in [0.15, 0.2) is 0 Å². The van der Waals surface area contributed by atoms with Gasteiger partial charge in [-0.1, -0.05) is 11.6 Å². The Morgan fingerprint density at radius 2 is 1.78 bits per heavy atom. The lowest BCUT2D eigenvalue weighted by atomic mass is 10.2. The van der Waals surface area contributed by atoms with Crippen molar-refractivity contribution in [1.29, 1.82) is 0 Å². The molecule has 2 N–H and O–H groups in total. The van der Waals surface area contributed by atoms with Gasteiger partial charge in [0.25, 0.3) is 0 Å². The van der Waals surface area contributed by atoms with Crippen molar-refractivity contribution in [3.63, 3.8) is 0 Å². The summed E-state index contributed by atoms with van der Waals surface area (Å²) < 4.78 is 0.719. The number of thiazole rings is 1. The minimum absolute atomic E-state index is 0.0677. The first kappa shape index (κ1) is 18.2. The van der Waals surface area contributed by atoms with Crippen molar-refractivity contribution in [2.75, 3.05) is 10.6 Å². The first-order chi connectivity index (χ1) is 13.1. The fraction of sp³-hybridized carbons (Fsp3) is 0.211. The summed E-state index contributed by atoms with van der Waals surface area (Å²) in [5.41, 5.74) is 2.15. The number of carbonyl (C=O) groups excluding carboxylic acids is 2. The van der Waals surface area contributed by atoms with Crippen LogP contribution in [0.25, 0.3) is 9.88 Å². The molecule has 1 aliphatic rings. The number of carbonyl (C=O) groups is 2. The van der Waals surface area contributed by atoms with Crippen LogP contribution >= 0.6 is 34.3 Å². The van der Waals surface area contributed by atoms with Crippen LogP contribution in [0.15, 0.2) is 41.8 Å². The first-order valence-corrected chi connectivity index (χ1v) is 10.5. The molecule has 2 aromatic heterocycles. The second kappa shape index (κ2) is 7.80. The van der Waals surface area contributed by atoms with Crippen LogP contribution in [-0.4, -0.2) is 16.8 Å². The summed E-state index contributed by atoms with van der Waals surface area (Å²) in [5, 5.41) is 8.48. The maximum absolute atomic E-state index is 12.3. The highest BCUT2D eigenvalue weighted by molar-refractivity contribution is 7.23. The Bertz CT molecular complexity index is 977. The number of benzene rings is 1. The molecule has 1 aliphatic carbocycles. The Morgan fingerprint density at radius 1 is 1.07 bits per heavy atom. The molecule has 1 saturated carbocycles. The number of thiophene rings is 1. The number of nitrogens with one attached hydrogen (secondary N) is 2. The Hall–Kier alpha value is -2.22. The van der Waals surface area contributed by atoms with E-state index in [1.54, 1.807) is 24.3 Å². The Balaban J connectivity index is 1.32. The van der Waals surface area contributed by atoms with Gasteiger partial charge in [-0.25, -0.2) is 4.98 Å². The van der Waals surface area contributed by atoms with E-state index in [9.17, 15) is 9.59 Å². The van der Waals surface area contributed by atoms with Gasteiger partial charge < -0.3 is 10.6 Å². The Kier molecular flexibility index (Phi) is 5.24. The van der Waals surface area contributed by atoms with Crippen molar-refractivity contribution in [2.45, 2.75) is 19.3 Å². The maximum atomic E-state index is 12.3. The summed E-state index contributed by atoms with van der Waals surface area (Å²) >= 11 is 8.93. The molecule has 8 heteroatoms. The smallest absolute Gasteiger partial charge is 0.230 e. The van der Waals surface area contributed by atoms with E-state index < -0.39 is 0 Å². The molecule has 2 amide bonds. The van der Waals surface area contributed by atoms with Gasteiger partial charge in [-0.05, 0) is 49.2 Å². The molecule has 27 heavy (non-hydrogen) atoms. The summed E-state index contributed by atoms with van der Waals surface area (Å²) in [7, 11) is 0. The van der Waals surface area contributed by atoms with Crippen molar-refractivity contribution in [3.8, 4) is 9.88 Å². The zero-order valence-electron chi connectivity index (χ0n) is 14.2. The standard InChI is InChI=1S/C19H16ClN3O2S2/c20-16-8-7-15(27-16)19-23-14(10-26-19)9-17(24)21-12-3-5-13(6-4-12)22-18(25)11-1-2-11/h3-8,10-11H,1-2,9H2,(H,21,24)(H,22,25). The van der Waals surface area contributed by atoms with Crippen LogP contribution in [-0.2, 0) is 16.0 Å². The minimum Gasteiger partial charge on any atom is -0.326 e. The zero-order valence-corrected chi connectivity index (χ0v) is 16.6. The summed E-state index contributed by atoms with van der Waals surface area (Å²) in [6, 6.07) is 10.9. The van der Waals surface area contributed by atoms with Crippen LogP contribution in [0.3, 0.4) is 0 Å². The van der Waals surface area contributed by atoms with Gasteiger partial charge >= 0.3 is 0 Å². The molecule has 2 heterocycles. The van der Waals surface area contributed by atoms with Crippen molar-refractivity contribution in [3.05, 3.63) is 51.8 Å². The number of hydrogen-bond acceptors (Lipinski definition) is 5. The second-order valence-electron chi connectivity index (χ2n) is 6.31. The highest BCUT2D eigenvalue weighted by Gasteiger charge is 2.29. The third kappa shape index (κ3) is 4.74. The van der Waals surface area contributed by atoms with E-state index in [1.807, 2.05) is 17.5 Å². The molecule has 5 nitrogen and oxygen atoms in total. The topological polar surface area (TPSA) is 71.1 Å². The quantitative estimate of drug-likeness (QED) is 0.589. The molecular formula is C19H16ClN3O2S2. The van der Waals surface area contributed by atoms with Gasteiger partial charge in [0.05, 0.1) is 21.3 Å². The van der Waals surface area contributed by atoms with Gasteiger partial charge in [-0.15, -0.1) is 22.7 Å². The molecule has 138 valence electrons. The summed E-state index contributed by atoms with van der Waals surface area (Å²) in [5.74, 6) is 0.0987. The number of aromatic nitrogens is 1. The lowest BCUT2D eigenvalue weighted by Crippen LogP contribution is -2.15. The Labute approximate surface area is 169 Å². The lowest BCUT2D eigenvalue weighted by Gasteiger charge is -2.07. The SMILES string of the molecule is O=C(Cc1csc(-c2ccc(Cl)s2)n1)Nc1ccc(NC(=O)C2CC2)cc1. The average molecular weight is 418 g/mol. The summed E-state index contributed by atoms with van der Waals surface area (Å²) in [4.78, 5) is 29.5. The highest BCUT2D eigenvalue weighted by atomic mass is 35.5. The largest absolute Gasteiger partial charge is 0.326 e. The van der Waals surface area contributed by atoms with Crippen molar-refractivity contribution in [2.24, 2.45) is 5.92 Å². The van der Waals surface area contributed by atoms with E-state index in [0.29, 0.717) is 5.69 Å². The number of nitrogens with zero attached hydrogens (tertiary/aromatic N) is 1. The summed E-state index contributed by atoms with van der Waals surface area (Å²) in [6.45, 7) is 0. The lowest BCUT2D eigenvalue weighted by molar-refractivity contribution is -0.117. The molecule has 0 bridgehead atoms. The first-order valence-electron chi connectivity index (χ1n) is 8.48. The van der Waals surface area contributed by atoms with Gasteiger partial charge in [0, 0.05) is 22.7 Å². The fourth-order valence-corrected chi connectivity index (χ4v) is 4.46. The fourth-order valence-electron chi connectivity index (χ4n) is 2.53. The van der Waals surface area contributed by atoms with Crippen LogP contribution in [0.4, 0.5) is 11.4 Å². The van der Waals surface area contributed by atoms with E-state index in [1.165, 1.54) is 22.7 Å². The molecule has 3 aromatic rings. The van der Waals surface area contributed by atoms with Crippen molar-refractivity contribution < 1.29 is 9.59 Å². The van der Waals surface area contributed by atoms with Crippen LogP contribution in [0.1, 0.15) is 18.5 Å². The van der Waals surface area contributed by atoms with Gasteiger partial charge in [0.1, 0.15) is 5.01 Å². The Morgan fingerprint density at radius 3 is 2.41 bits per heavy atom. The molecule has 0 spiro atoms. The molecule has 0 atom stereocenters. The average Bonchev–Trinajstić information content (AvgIpc) is 3.26. The number of halogens is 1. The van der Waals surface area contributed by atoms with Gasteiger partial charge in [0.2, 0.25) is 11.8 Å². The van der Waals surface area contributed by atoms with Crippen molar-refractivity contribution in [1.82, 2.24) is 4.98 Å². The van der Waals surface area contributed by atoms with E-state index in [0.717, 1.165) is 38.4 Å². The van der Waals surface area contributed by atoms with Crippen LogP contribution < -0.4 is 10.6 Å². The maximum Gasteiger partial charge on any atom is 0.230 e. The molecule has 0 unspecified atom stereocenters. The number of hydrogen-bond donors (Lipinski definition) is 2. The molecule has 1 fully saturated rings. The molecule has 0 saturated heterocycles. The van der Waals surface area contributed by atoms with E-state index in [4.69, 9.17) is 11.6 Å². The number of amides is 2. The van der Waals surface area contributed by atoms with E-state index in [2.05, 4.69) is 15.6 Å². The molecule has 0 radical (unpaired) electrons. The predicted octanol–water partition coefficient (Wildman–Crippen LogP) is 5.05. The zero-order chi connectivity index (χ0) is 18.8. The summed E-state index contributed by atoms with van der Waals surface area (Å²) in [6.07, 6.45) is 2.14. The number of rotatable bonds is 6. The third-order valence-corrected chi connectivity index (χ3v) is 6.35. The molecular weight excluding hydrogens is 402 g/mol. The highest BCUT2D eigenvalue weighted by Crippen LogP contribution is 2.33. The van der Waals surface area contributed by atoms with Gasteiger partial charge in [-0.3, -0.25) is 9.59 Å². The normalized spacial score (nSPS) is 13.4. The van der Waals surface area contributed by atoms with Crippen LogP contribution in [0.5, 0.6) is 0 Å². The van der Waals surface area contributed by atoms with Gasteiger partial charge in [-0.2, -0.15) is 0 Å².